The summed E-state index contributed by atoms with van der Waals surface area (Å²) in [6.07, 6.45) is 2.67. The molecule has 0 radical (unpaired) electrons. The lowest BCUT2D eigenvalue weighted by Gasteiger charge is -2.30. The first-order valence-electron chi connectivity index (χ1n) is 5.65. The number of hydrogen-bond donors (Lipinski definition) is 0. The van der Waals surface area contributed by atoms with E-state index in [0.29, 0.717) is 21.4 Å². The molecule has 1 atom stereocenters. The zero-order valence-electron chi connectivity index (χ0n) is 9.44. The average Bonchev–Trinajstić information content (AvgIpc) is 2.35. The molecule has 0 fully saturated rings. The summed E-state index contributed by atoms with van der Waals surface area (Å²) in [7, 11) is 0. The highest BCUT2D eigenvalue weighted by atomic mass is 79.9. The minimum absolute atomic E-state index is 0.0891. The first-order chi connectivity index (χ1) is 8.66. The summed E-state index contributed by atoms with van der Waals surface area (Å²) in [6.45, 7) is 0.641. The lowest BCUT2D eigenvalue weighted by Crippen LogP contribution is -2.30. The zero-order chi connectivity index (χ0) is 12.7. The topological polar surface area (TPSA) is 34.9 Å². The molecule has 0 aliphatic heterocycles. The Morgan fingerprint density at radius 1 is 1.33 bits per heavy atom. The van der Waals surface area contributed by atoms with Crippen molar-refractivity contribution < 1.29 is 0 Å². The Kier molecular flexibility index (Phi) is 3.11. The van der Waals surface area contributed by atoms with Crippen LogP contribution in [-0.2, 0) is 13.0 Å². The maximum absolute atomic E-state index is 12.0. The molecule has 18 heavy (non-hydrogen) atoms. The van der Waals surface area contributed by atoms with Crippen molar-refractivity contribution in [3.05, 3.63) is 60.9 Å². The van der Waals surface area contributed by atoms with Gasteiger partial charge in [0.25, 0.3) is 5.56 Å². The smallest absolute Gasteiger partial charge is 0.266 e. The van der Waals surface area contributed by atoms with Crippen molar-refractivity contribution in [2.24, 2.45) is 0 Å². The molecule has 0 spiro atoms. The standard InChI is InChI=1S/C13H10Br2N2O/c14-11-6-16-17(13(18)12(11)15)7-9-5-8-3-1-2-4-10(8)9/h1-4,6,9H,5,7H2. The van der Waals surface area contributed by atoms with Crippen LogP contribution < -0.4 is 5.56 Å². The highest BCUT2D eigenvalue weighted by Gasteiger charge is 2.26. The van der Waals surface area contributed by atoms with Gasteiger partial charge < -0.3 is 0 Å². The van der Waals surface area contributed by atoms with Gasteiger partial charge in [-0.15, -0.1) is 0 Å². The molecule has 0 saturated heterocycles. The first kappa shape index (κ1) is 12.1. The predicted octanol–water partition coefficient (Wildman–Crippen LogP) is 3.11. The molecule has 0 amide bonds. The number of fused-ring (bicyclic) bond motifs is 1. The van der Waals surface area contributed by atoms with Gasteiger partial charge in [-0.2, -0.15) is 5.10 Å². The molecule has 3 rings (SSSR count). The highest BCUT2D eigenvalue weighted by molar-refractivity contribution is 9.13. The van der Waals surface area contributed by atoms with Gasteiger partial charge in [0.1, 0.15) is 4.47 Å². The Balaban J connectivity index is 1.88. The van der Waals surface area contributed by atoms with Gasteiger partial charge >= 0.3 is 0 Å². The van der Waals surface area contributed by atoms with E-state index in [1.165, 1.54) is 15.8 Å². The van der Waals surface area contributed by atoms with Crippen molar-refractivity contribution in [1.29, 1.82) is 0 Å². The van der Waals surface area contributed by atoms with E-state index in [9.17, 15) is 4.79 Å². The van der Waals surface area contributed by atoms with Crippen LogP contribution in [0.1, 0.15) is 17.0 Å². The Bertz CT molecular complexity index is 666. The first-order valence-corrected chi connectivity index (χ1v) is 7.24. The minimum Gasteiger partial charge on any atom is -0.266 e. The number of hydrogen-bond acceptors (Lipinski definition) is 2. The van der Waals surface area contributed by atoms with Crippen LogP contribution in [0.2, 0.25) is 0 Å². The number of aromatic nitrogens is 2. The van der Waals surface area contributed by atoms with Crippen molar-refractivity contribution in [2.45, 2.75) is 18.9 Å². The fraction of sp³-hybridized carbons (Fsp3) is 0.231. The van der Waals surface area contributed by atoms with Gasteiger partial charge in [0, 0.05) is 5.92 Å². The second kappa shape index (κ2) is 4.63. The summed E-state index contributed by atoms with van der Waals surface area (Å²) in [5.74, 6) is 0.402. The molecule has 1 aromatic carbocycles. The summed E-state index contributed by atoms with van der Waals surface area (Å²) in [4.78, 5) is 12.0. The summed E-state index contributed by atoms with van der Waals surface area (Å²) < 4.78 is 2.75. The molecule has 5 heteroatoms. The molecule has 92 valence electrons. The van der Waals surface area contributed by atoms with Gasteiger partial charge in [-0.05, 0) is 49.4 Å². The molecule has 1 unspecified atom stereocenters. The van der Waals surface area contributed by atoms with Crippen molar-refractivity contribution >= 4 is 31.9 Å². The number of halogens is 2. The van der Waals surface area contributed by atoms with Crippen LogP contribution in [0.4, 0.5) is 0 Å². The van der Waals surface area contributed by atoms with E-state index in [1.807, 2.05) is 6.07 Å². The van der Waals surface area contributed by atoms with Crippen LogP contribution in [0.5, 0.6) is 0 Å². The normalized spacial score (nSPS) is 17.1. The maximum Gasteiger partial charge on any atom is 0.282 e. The molecule has 3 nitrogen and oxygen atoms in total. The molecule has 1 aliphatic rings. The molecular weight excluding hydrogens is 360 g/mol. The van der Waals surface area contributed by atoms with Gasteiger partial charge in [0.05, 0.1) is 17.2 Å². The Labute approximate surface area is 121 Å². The van der Waals surface area contributed by atoms with Crippen molar-refractivity contribution in [1.82, 2.24) is 9.78 Å². The summed E-state index contributed by atoms with van der Waals surface area (Å²) in [6, 6.07) is 8.36. The van der Waals surface area contributed by atoms with E-state index in [4.69, 9.17) is 0 Å². The minimum atomic E-state index is -0.0891. The van der Waals surface area contributed by atoms with Crippen LogP contribution in [0.3, 0.4) is 0 Å². The molecule has 1 aliphatic carbocycles. The highest BCUT2D eigenvalue weighted by Crippen LogP contribution is 2.35. The second-order valence-electron chi connectivity index (χ2n) is 4.39. The third-order valence-electron chi connectivity index (χ3n) is 3.30. The Hall–Kier alpha value is -0.940. The number of nitrogens with zero attached hydrogens (tertiary/aromatic N) is 2. The van der Waals surface area contributed by atoms with E-state index in [0.717, 1.165) is 6.42 Å². The molecule has 1 aromatic heterocycles. The van der Waals surface area contributed by atoms with E-state index < -0.39 is 0 Å². The molecular formula is C13H10Br2N2O. The van der Waals surface area contributed by atoms with Crippen molar-refractivity contribution in [3.63, 3.8) is 0 Å². The van der Waals surface area contributed by atoms with Gasteiger partial charge in [-0.3, -0.25) is 4.79 Å². The Morgan fingerprint density at radius 2 is 2.11 bits per heavy atom. The van der Waals surface area contributed by atoms with Crippen LogP contribution >= 0.6 is 31.9 Å². The molecule has 2 aromatic rings. The molecule has 0 saturated carbocycles. The SMILES string of the molecule is O=c1c(Br)c(Br)cnn1CC1Cc2ccccc21. The van der Waals surface area contributed by atoms with Crippen molar-refractivity contribution in [3.8, 4) is 0 Å². The predicted molar refractivity (Wildman–Crippen MR) is 76.8 cm³/mol. The third kappa shape index (κ3) is 1.95. The lowest BCUT2D eigenvalue weighted by molar-refractivity contribution is 0.456. The average molecular weight is 370 g/mol. The monoisotopic (exact) mass is 368 g/mol. The molecule has 0 N–H and O–H groups in total. The van der Waals surface area contributed by atoms with E-state index in [1.54, 1.807) is 6.20 Å². The molecule has 0 bridgehead atoms. The Morgan fingerprint density at radius 3 is 2.89 bits per heavy atom. The van der Waals surface area contributed by atoms with Crippen LogP contribution in [0, 0.1) is 0 Å². The van der Waals surface area contributed by atoms with E-state index >= 15 is 0 Å². The largest absolute Gasteiger partial charge is 0.282 e. The third-order valence-corrected chi connectivity index (χ3v) is 5.20. The number of rotatable bonds is 2. The van der Waals surface area contributed by atoms with Crippen molar-refractivity contribution in [2.75, 3.05) is 0 Å². The quantitative estimate of drug-likeness (QED) is 0.815. The summed E-state index contributed by atoms with van der Waals surface area (Å²) in [5, 5.41) is 4.16. The van der Waals surface area contributed by atoms with Crippen LogP contribution in [0.15, 0.2) is 44.2 Å². The van der Waals surface area contributed by atoms with Gasteiger partial charge in [-0.1, -0.05) is 24.3 Å². The fourth-order valence-corrected chi connectivity index (χ4v) is 2.88. The molecule has 1 heterocycles. The number of benzene rings is 1. The summed E-state index contributed by atoms with van der Waals surface area (Å²) >= 11 is 6.55. The summed E-state index contributed by atoms with van der Waals surface area (Å²) in [5.41, 5.74) is 2.63. The van der Waals surface area contributed by atoms with Gasteiger partial charge in [0.15, 0.2) is 0 Å². The van der Waals surface area contributed by atoms with Gasteiger partial charge in [0.2, 0.25) is 0 Å². The fourth-order valence-electron chi connectivity index (χ4n) is 2.31. The van der Waals surface area contributed by atoms with Crippen LogP contribution in [0.25, 0.3) is 0 Å². The van der Waals surface area contributed by atoms with Crippen LogP contribution in [-0.4, -0.2) is 9.78 Å². The lowest BCUT2D eigenvalue weighted by atomic mass is 9.78. The zero-order valence-corrected chi connectivity index (χ0v) is 12.6. The van der Waals surface area contributed by atoms with Gasteiger partial charge in [-0.25, -0.2) is 4.68 Å². The second-order valence-corrected chi connectivity index (χ2v) is 6.04. The van der Waals surface area contributed by atoms with E-state index in [-0.39, 0.29) is 5.56 Å². The van der Waals surface area contributed by atoms with E-state index in [2.05, 4.69) is 55.2 Å². The maximum atomic E-state index is 12.0.